The molecule has 2 rings (SSSR count). The zero-order valence-corrected chi connectivity index (χ0v) is 13.9. The Morgan fingerprint density at radius 3 is 2.42 bits per heavy atom. The number of carbonyl (C=O) groups excluding carboxylic acids is 2. The summed E-state index contributed by atoms with van der Waals surface area (Å²) in [6, 6.07) is 9.99. The second kappa shape index (κ2) is 7.61. The maximum atomic E-state index is 11.9. The number of halogens is 1. The van der Waals surface area contributed by atoms with E-state index in [9.17, 15) is 14.7 Å². The third kappa shape index (κ3) is 4.33. The van der Waals surface area contributed by atoms with Crippen LogP contribution in [-0.4, -0.2) is 23.1 Å². The van der Waals surface area contributed by atoms with Gasteiger partial charge in [-0.2, -0.15) is 5.10 Å². The van der Waals surface area contributed by atoms with Gasteiger partial charge in [0.25, 0.3) is 0 Å². The van der Waals surface area contributed by atoms with Crippen LogP contribution in [-0.2, 0) is 9.59 Å². The third-order valence-electron chi connectivity index (χ3n) is 3.28. The van der Waals surface area contributed by atoms with Crippen molar-refractivity contribution in [1.82, 2.24) is 5.43 Å². The minimum Gasteiger partial charge on any atom is -0.506 e. The Bertz CT molecular complexity index is 798. The van der Waals surface area contributed by atoms with E-state index < -0.39 is 11.8 Å². The van der Waals surface area contributed by atoms with Crippen LogP contribution in [0.25, 0.3) is 0 Å². The second-order valence-corrected chi connectivity index (χ2v) is 5.54. The van der Waals surface area contributed by atoms with E-state index in [1.165, 1.54) is 18.3 Å². The van der Waals surface area contributed by atoms with E-state index >= 15 is 0 Å². The van der Waals surface area contributed by atoms with Crippen molar-refractivity contribution in [3.8, 4) is 5.75 Å². The molecule has 24 heavy (non-hydrogen) atoms. The number of anilines is 1. The number of hydrazone groups is 1. The molecule has 0 heterocycles. The van der Waals surface area contributed by atoms with E-state index in [1.807, 2.05) is 32.0 Å². The van der Waals surface area contributed by atoms with Gasteiger partial charge in [-0.3, -0.25) is 9.59 Å². The van der Waals surface area contributed by atoms with Crippen molar-refractivity contribution in [3.63, 3.8) is 0 Å². The number of nitrogens with zero attached hydrogens (tertiary/aromatic N) is 1. The molecule has 6 nitrogen and oxygen atoms in total. The first kappa shape index (κ1) is 17.5. The fourth-order valence-electron chi connectivity index (χ4n) is 2.00. The molecule has 124 valence electrons. The van der Waals surface area contributed by atoms with Gasteiger partial charge >= 0.3 is 11.8 Å². The maximum absolute atomic E-state index is 11.9. The lowest BCUT2D eigenvalue weighted by Crippen LogP contribution is -2.32. The highest BCUT2D eigenvalue weighted by atomic mass is 35.5. The highest BCUT2D eigenvalue weighted by molar-refractivity contribution is 6.39. The van der Waals surface area contributed by atoms with Crippen molar-refractivity contribution in [2.45, 2.75) is 13.8 Å². The normalized spacial score (nSPS) is 10.6. The number of aryl methyl sites for hydroxylation is 2. The summed E-state index contributed by atoms with van der Waals surface area (Å²) < 4.78 is 0. The van der Waals surface area contributed by atoms with Crippen molar-refractivity contribution in [1.29, 1.82) is 0 Å². The summed E-state index contributed by atoms with van der Waals surface area (Å²) in [6.07, 6.45) is 1.31. The van der Waals surface area contributed by atoms with Crippen LogP contribution >= 0.6 is 11.6 Å². The molecule has 2 amide bonds. The molecule has 2 aromatic rings. The minimum absolute atomic E-state index is 0.0502. The van der Waals surface area contributed by atoms with Gasteiger partial charge in [-0.25, -0.2) is 5.43 Å². The van der Waals surface area contributed by atoms with E-state index in [0.29, 0.717) is 11.3 Å². The summed E-state index contributed by atoms with van der Waals surface area (Å²) >= 11 is 5.76. The number of phenolic OH excluding ortho intramolecular Hbond substituents is 1. The molecule has 0 saturated carbocycles. The largest absolute Gasteiger partial charge is 0.506 e. The molecular weight excluding hydrogens is 330 g/mol. The van der Waals surface area contributed by atoms with Gasteiger partial charge < -0.3 is 10.4 Å². The molecule has 0 saturated heterocycles. The van der Waals surface area contributed by atoms with Crippen molar-refractivity contribution in [2.24, 2.45) is 5.10 Å². The molecule has 0 atom stereocenters. The Hall–Kier alpha value is -2.86. The van der Waals surface area contributed by atoms with Gasteiger partial charge in [-0.05, 0) is 48.7 Å². The molecule has 0 aliphatic carbocycles. The molecule has 0 spiro atoms. The summed E-state index contributed by atoms with van der Waals surface area (Å²) in [5.74, 6) is -1.75. The van der Waals surface area contributed by atoms with Crippen LogP contribution in [0.15, 0.2) is 41.5 Å². The molecular formula is C17H16ClN3O3. The van der Waals surface area contributed by atoms with Gasteiger partial charge in [0, 0.05) is 5.69 Å². The van der Waals surface area contributed by atoms with Crippen LogP contribution < -0.4 is 10.7 Å². The van der Waals surface area contributed by atoms with Crippen LogP contribution in [0.4, 0.5) is 5.69 Å². The molecule has 0 aromatic heterocycles. The monoisotopic (exact) mass is 345 g/mol. The first-order valence-electron chi connectivity index (χ1n) is 7.07. The van der Waals surface area contributed by atoms with Gasteiger partial charge in [0.15, 0.2) is 0 Å². The van der Waals surface area contributed by atoms with E-state index in [1.54, 1.807) is 6.07 Å². The number of para-hydroxylation sites is 1. The predicted molar refractivity (Wildman–Crippen MR) is 93.4 cm³/mol. The average Bonchev–Trinajstić information content (AvgIpc) is 2.54. The Morgan fingerprint density at radius 1 is 1.12 bits per heavy atom. The number of aromatic hydroxyl groups is 1. The van der Waals surface area contributed by atoms with Crippen molar-refractivity contribution >= 4 is 35.3 Å². The molecule has 0 fully saturated rings. The molecule has 3 N–H and O–H groups in total. The van der Waals surface area contributed by atoms with Gasteiger partial charge in [-0.1, -0.05) is 29.8 Å². The highest BCUT2D eigenvalue weighted by Gasteiger charge is 2.15. The first-order valence-corrected chi connectivity index (χ1v) is 7.45. The third-order valence-corrected chi connectivity index (χ3v) is 3.58. The topological polar surface area (TPSA) is 90.8 Å². The minimum atomic E-state index is -0.890. The molecule has 0 radical (unpaired) electrons. The fraction of sp³-hybridized carbons (Fsp3) is 0.118. The Labute approximate surface area is 144 Å². The molecule has 0 bridgehead atoms. The van der Waals surface area contributed by atoms with Gasteiger partial charge in [0.05, 0.1) is 11.2 Å². The number of amides is 2. The summed E-state index contributed by atoms with van der Waals surface area (Å²) in [5.41, 5.74) is 5.02. The van der Waals surface area contributed by atoms with E-state index in [2.05, 4.69) is 15.8 Å². The average molecular weight is 346 g/mol. The number of benzene rings is 2. The SMILES string of the molecule is Cc1cccc(C)c1NC(=O)C(=O)N/N=C\c1ccc(O)c(Cl)c1. The number of hydrogen-bond acceptors (Lipinski definition) is 4. The zero-order valence-electron chi connectivity index (χ0n) is 13.1. The van der Waals surface area contributed by atoms with Gasteiger partial charge in [0.2, 0.25) is 0 Å². The summed E-state index contributed by atoms with van der Waals surface area (Å²) in [4.78, 5) is 23.7. The Balaban J connectivity index is 1.98. The van der Waals surface area contributed by atoms with E-state index in [0.717, 1.165) is 11.1 Å². The molecule has 0 aliphatic heterocycles. The van der Waals surface area contributed by atoms with E-state index in [-0.39, 0.29) is 10.8 Å². The standard InChI is InChI=1S/C17H16ClN3O3/c1-10-4-3-5-11(2)15(10)20-16(23)17(24)21-19-9-12-6-7-14(22)13(18)8-12/h3-9,22H,1-2H3,(H,20,23)(H,21,24)/b19-9-. The smallest absolute Gasteiger partial charge is 0.329 e. The lowest BCUT2D eigenvalue weighted by atomic mass is 10.1. The van der Waals surface area contributed by atoms with Crippen LogP contribution in [0.2, 0.25) is 5.02 Å². The Morgan fingerprint density at radius 2 is 1.79 bits per heavy atom. The molecule has 0 aliphatic rings. The highest BCUT2D eigenvalue weighted by Crippen LogP contribution is 2.22. The zero-order chi connectivity index (χ0) is 17.7. The van der Waals surface area contributed by atoms with Crippen LogP contribution in [0.1, 0.15) is 16.7 Å². The van der Waals surface area contributed by atoms with Crippen molar-refractivity contribution < 1.29 is 14.7 Å². The quantitative estimate of drug-likeness (QED) is 0.454. The molecule has 0 unspecified atom stereocenters. The summed E-state index contributed by atoms with van der Waals surface area (Å²) in [7, 11) is 0. The number of nitrogens with one attached hydrogen (secondary N) is 2. The lowest BCUT2D eigenvalue weighted by Gasteiger charge is -2.10. The second-order valence-electron chi connectivity index (χ2n) is 5.13. The van der Waals surface area contributed by atoms with Crippen LogP contribution in [0, 0.1) is 13.8 Å². The number of phenols is 1. The summed E-state index contributed by atoms with van der Waals surface area (Å²) in [6.45, 7) is 3.68. The Kier molecular flexibility index (Phi) is 5.55. The number of rotatable bonds is 3. The number of carbonyl (C=O) groups is 2. The van der Waals surface area contributed by atoms with Crippen molar-refractivity contribution in [2.75, 3.05) is 5.32 Å². The summed E-state index contributed by atoms with van der Waals surface area (Å²) in [5, 5.41) is 15.7. The van der Waals surface area contributed by atoms with Gasteiger partial charge in [0.1, 0.15) is 5.75 Å². The van der Waals surface area contributed by atoms with Gasteiger partial charge in [-0.15, -0.1) is 0 Å². The first-order chi connectivity index (χ1) is 11.4. The lowest BCUT2D eigenvalue weighted by molar-refractivity contribution is -0.136. The predicted octanol–water partition coefficient (Wildman–Crippen LogP) is 2.75. The maximum Gasteiger partial charge on any atom is 0.329 e. The van der Waals surface area contributed by atoms with E-state index in [4.69, 9.17) is 11.6 Å². The fourth-order valence-corrected chi connectivity index (χ4v) is 2.19. The number of hydrogen-bond donors (Lipinski definition) is 3. The van der Waals surface area contributed by atoms with Crippen LogP contribution in [0.5, 0.6) is 5.75 Å². The van der Waals surface area contributed by atoms with Crippen molar-refractivity contribution in [3.05, 3.63) is 58.1 Å². The molecule has 2 aromatic carbocycles. The van der Waals surface area contributed by atoms with Crippen LogP contribution in [0.3, 0.4) is 0 Å². The molecule has 7 heteroatoms.